The van der Waals surface area contributed by atoms with Gasteiger partial charge in [-0.15, -0.1) is 5.10 Å². The van der Waals surface area contributed by atoms with E-state index in [2.05, 4.69) is 16.1 Å². The molecule has 1 saturated heterocycles. The summed E-state index contributed by atoms with van der Waals surface area (Å²) < 4.78 is 7.96. The Kier molecular flexibility index (Phi) is 5.62. The highest BCUT2D eigenvalue weighted by atomic mass is 35.5. The number of nitrogens with zero attached hydrogens (tertiary/aromatic N) is 3. The normalized spacial score (nSPS) is 17.6. The predicted octanol–water partition coefficient (Wildman–Crippen LogP) is 3.92. The minimum absolute atomic E-state index is 0.288. The van der Waals surface area contributed by atoms with Gasteiger partial charge in [-0.3, -0.25) is 9.58 Å². The van der Waals surface area contributed by atoms with Crippen molar-refractivity contribution in [1.82, 2.24) is 14.7 Å². The Balaban J connectivity index is 1.44. The van der Waals surface area contributed by atoms with Gasteiger partial charge in [0.05, 0.1) is 24.1 Å². The second kappa shape index (κ2) is 8.30. The van der Waals surface area contributed by atoms with Crippen LogP contribution in [0, 0.1) is 0 Å². The van der Waals surface area contributed by atoms with Gasteiger partial charge in [-0.05, 0) is 49.1 Å². The van der Waals surface area contributed by atoms with Crippen molar-refractivity contribution in [2.45, 2.75) is 32.0 Å². The lowest BCUT2D eigenvalue weighted by Gasteiger charge is -2.19. The molecule has 1 aliphatic rings. The van der Waals surface area contributed by atoms with Crippen molar-refractivity contribution in [2.75, 3.05) is 19.7 Å². The summed E-state index contributed by atoms with van der Waals surface area (Å²) in [6.45, 7) is 3.08. The van der Waals surface area contributed by atoms with Crippen LogP contribution in [-0.2, 0) is 6.54 Å². The minimum Gasteiger partial charge on any atom is -0.476 e. The van der Waals surface area contributed by atoms with Gasteiger partial charge in [-0.2, -0.15) is 0 Å². The predicted molar refractivity (Wildman–Crippen MR) is 107 cm³/mol. The molecule has 0 amide bonds. The fourth-order valence-corrected chi connectivity index (χ4v) is 3.72. The third-order valence-corrected chi connectivity index (χ3v) is 5.28. The lowest BCUT2D eigenvalue weighted by atomic mass is 10.2. The van der Waals surface area contributed by atoms with Crippen LogP contribution >= 0.6 is 11.6 Å². The van der Waals surface area contributed by atoms with Crippen LogP contribution in [0.25, 0.3) is 10.9 Å². The molecule has 4 rings (SSSR count). The van der Waals surface area contributed by atoms with E-state index in [-0.39, 0.29) is 6.23 Å². The first-order chi connectivity index (χ1) is 13.2. The summed E-state index contributed by atoms with van der Waals surface area (Å²) in [5, 5.41) is 16.3. The molecule has 0 spiro atoms. The van der Waals surface area contributed by atoms with Crippen LogP contribution < -0.4 is 4.74 Å². The number of likely N-dealkylation sites (tertiary alicyclic amines) is 1. The summed E-state index contributed by atoms with van der Waals surface area (Å²) in [6.07, 6.45) is 2.53. The quantitative estimate of drug-likeness (QED) is 0.626. The second-order valence-electron chi connectivity index (χ2n) is 6.97. The highest BCUT2D eigenvalue weighted by molar-refractivity contribution is 6.30. The third-order valence-electron chi connectivity index (χ3n) is 5.03. The van der Waals surface area contributed by atoms with Gasteiger partial charge in [-0.25, -0.2) is 0 Å². The number of hydrogen-bond donors (Lipinski definition) is 1. The molecule has 2 aromatic carbocycles. The standard InChI is InChI=1S/C21H24ClN3O2/c22-17-10-8-16(9-11-17)15-25-19-6-2-1-5-18(19)21(23-25)27-14-4-13-24-12-3-7-20(24)26/h1-2,5-6,8-11,20,26H,3-4,7,12-15H2/t20-/m0/s1. The van der Waals surface area contributed by atoms with Gasteiger partial charge in [-0.1, -0.05) is 35.9 Å². The summed E-state index contributed by atoms with van der Waals surface area (Å²) in [4.78, 5) is 2.11. The zero-order valence-electron chi connectivity index (χ0n) is 15.2. The van der Waals surface area contributed by atoms with E-state index in [0.29, 0.717) is 19.0 Å². The topological polar surface area (TPSA) is 50.5 Å². The monoisotopic (exact) mass is 385 g/mol. The van der Waals surface area contributed by atoms with Crippen molar-refractivity contribution in [2.24, 2.45) is 0 Å². The molecule has 1 atom stereocenters. The maximum absolute atomic E-state index is 9.87. The SMILES string of the molecule is O[C@H]1CCCN1CCCOc1nn(Cc2ccc(Cl)cc2)c2ccccc12. The molecule has 1 N–H and O–H groups in total. The fourth-order valence-electron chi connectivity index (χ4n) is 3.59. The maximum Gasteiger partial charge on any atom is 0.240 e. The van der Waals surface area contributed by atoms with Crippen molar-refractivity contribution >= 4 is 22.5 Å². The lowest BCUT2D eigenvalue weighted by Crippen LogP contribution is -2.30. The van der Waals surface area contributed by atoms with Crippen LogP contribution in [0.5, 0.6) is 5.88 Å². The molecule has 0 radical (unpaired) electrons. The molecule has 1 fully saturated rings. The fraction of sp³-hybridized carbons (Fsp3) is 0.381. The van der Waals surface area contributed by atoms with Crippen molar-refractivity contribution in [3.05, 3.63) is 59.1 Å². The largest absolute Gasteiger partial charge is 0.476 e. The van der Waals surface area contributed by atoms with Gasteiger partial charge < -0.3 is 9.84 Å². The van der Waals surface area contributed by atoms with Crippen LogP contribution in [0.4, 0.5) is 0 Å². The van der Waals surface area contributed by atoms with Crippen LogP contribution in [0.15, 0.2) is 48.5 Å². The molecule has 0 aliphatic carbocycles. The molecular formula is C21H24ClN3O2. The summed E-state index contributed by atoms with van der Waals surface area (Å²) in [6, 6.07) is 15.9. The first kappa shape index (κ1) is 18.3. The van der Waals surface area contributed by atoms with Gasteiger partial charge in [0.15, 0.2) is 0 Å². The van der Waals surface area contributed by atoms with E-state index in [1.54, 1.807) is 0 Å². The van der Waals surface area contributed by atoms with Crippen LogP contribution in [0.2, 0.25) is 5.02 Å². The average molecular weight is 386 g/mol. The van der Waals surface area contributed by atoms with Crippen molar-refractivity contribution in [3.63, 3.8) is 0 Å². The molecule has 6 heteroatoms. The molecule has 0 unspecified atom stereocenters. The number of hydrogen-bond acceptors (Lipinski definition) is 4. The minimum atomic E-state index is -0.288. The van der Waals surface area contributed by atoms with Gasteiger partial charge in [0.1, 0.15) is 6.23 Å². The van der Waals surface area contributed by atoms with E-state index >= 15 is 0 Å². The zero-order chi connectivity index (χ0) is 18.6. The molecule has 0 bridgehead atoms. The second-order valence-corrected chi connectivity index (χ2v) is 7.40. The van der Waals surface area contributed by atoms with Gasteiger partial charge in [0.25, 0.3) is 0 Å². The number of benzene rings is 2. The number of fused-ring (bicyclic) bond motifs is 1. The number of halogens is 1. The summed E-state index contributed by atoms with van der Waals surface area (Å²) in [7, 11) is 0. The lowest BCUT2D eigenvalue weighted by molar-refractivity contribution is 0.0352. The molecule has 1 aliphatic heterocycles. The molecule has 5 nitrogen and oxygen atoms in total. The molecule has 1 aromatic heterocycles. The molecule has 0 saturated carbocycles. The Morgan fingerprint density at radius 2 is 1.96 bits per heavy atom. The Labute approximate surface area is 164 Å². The number of aliphatic hydroxyl groups is 1. The number of rotatable bonds is 7. The average Bonchev–Trinajstić information content (AvgIpc) is 3.25. The van der Waals surface area contributed by atoms with E-state index in [4.69, 9.17) is 16.3 Å². The third kappa shape index (κ3) is 4.26. The van der Waals surface area contributed by atoms with Crippen molar-refractivity contribution in [1.29, 1.82) is 0 Å². The molecule has 2 heterocycles. The van der Waals surface area contributed by atoms with Crippen LogP contribution in [-0.4, -0.2) is 45.7 Å². The Hall–Kier alpha value is -2.08. The zero-order valence-corrected chi connectivity index (χ0v) is 16.0. The van der Waals surface area contributed by atoms with E-state index in [0.717, 1.165) is 53.8 Å². The van der Waals surface area contributed by atoms with E-state index < -0.39 is 0 Å². The van der Waals surface area contributed by atoms with E-state index in [1.807, 2.05) is 47.1 Å². The van der Waals surface area contributed by atoms with E-state index in [1.165, 1.54) is 0 Å². The number of para-hydroxylation sites is 1. The van der Waals surface area contributed by atoms with Crippen LogP contribution in [0.1, 0.15) is 24.8 Å². The summed E-state index contributed by atoms with van der Waals surface area (Å²) >= 11 is 5.98. The highest BCUT2D eigenvalue weighted by Crippen LogP contribution is 2.26. The first-order valence-corrected chi connectivity index (χ1v) is 9.83. The Bertz CT molecular complexity index is 894. The van der Waals surface area contributed by atoms with Gasteiger partial charge >= 0.3 is 0 Å². The van der Waals surface area contributed by atoms with Crippen molar-refractivity contribution in [3.8, 4) is 5.88 Å². The van der Waals surface area contributed by atoms with Crippen molar-refractivity contribution < 1.29 is 9.84 Å². The summed E-state index contributed by atoms with van der Waals surface area (Å²) in [5.41, 5.74) is 2.19. The van der Waals surface area contributed by atoms with Crippen LogP contribution in [0.3, 0.4) is 0 Å². The van der Waals surface area contributed by atoms with Gasteiger partial charge in [0, 0.05) is 18.1 Å². The number of aromatic nitrogens is 2. The smallest absolute Gasteiger partial charge is 0.240 e. The highest BCUT2D eigenvalue weighted by Gasteiger charge is 2.21. The Morgan fingerprint density at radius 1 is 1.15 bits per heavy atom. The first-order valence-electron chi connectivity index (χ1n) is 9.45. The molecular weight excluding hydrogens is 362 g/mol. The molecule has 142 valence electrons. The number of ether oxygens (including phenoxy) is 1. The Morgan fingerprint density at radius 3 is 2.74 bits per heavy atom. The molecule has 27 heavy (non-hydrogen) atoms. The number of aliphatic hydroxyl groups excluding tert-OH is 1. The van der Waals surface area contributed by atoms with Gasteiger partial charge in [0.2, 0.25) is 5.88 Å². The maximum atomic E-state index is 9.87. The summed E-state index contributed by atoms with van der Waals surface area (Å²) in [5.74, 6) is 0.668. The molecule has 3 aromatic rings. The van der Waals surface area contributed by atoms with E-state index in [9.17, 15) is 5.11 Å².